The number of hydrogen-bond acceptors (Lipinski definition) is 6. The molecule has 0 aliphatic carbocycles. The zero-order chi connectivity index (χ0) is 20.6. The number of thiophene rings is 1. The smallest absolute Gasteiger partial charge is 0.387 e. The molecule has 152 valence electrons. The molecule has 2 heterocycles. The zero-order valence-electron chi connectivity index (χ0n) is 15.1. The number of thiazole rings is 1. The van der Waals surface area contributed by atoms with E-state index in [2.05, 4.69) is 20.4 Å². The van der Waals surface area contributed by atoms with E-state index in [-0.39, 0.29) is 24.0 Å². The Morgan fingerprint density at radius 2 is 1.93 bits per heavy atom. The summed E-state index contributed by atoms with van der Waals surface area (Å²) in [6.07, 6.45) is 0.659. The average Bonchev–Trinajstić information content (AvgIpc) is 3.35. The Hall–Kier alpha value is -2.85. The highest BCUT2D eigenvalue weighted by atomic mass is 32.1. The van der Waals surface area contributed by atoms with Crippen molar-refractivity contribution in [3.63, 3.8) is 0 Å². The minimum absolute atomic E-state index is 0.0956. The predicted octanol–water partition coefficient (Wildman–Crippen LogP) is 3.96. The van der Waals surface area contributed by atoms with Crippen LogP contribution in [0, 0.1) is 0 Å². The van der Waals surface area contributed by atoms with Gasteiger partial charge in [-0.2, -0.15) is 8.78 Å². The third kappa shape index (κ3) is 6.61. The average molecular weight is 437 g/mol. The molecular weight excluding hydrogens is 420 g/mol. The van der Waals surface area contributed by atoms with Crippen LogP contribution in [0.1, 0.15) is 20.9 Å². The maximum Gasteiger partial charge on any atom is 0.387 e. The molecule has 6 nitrogen and oxygen atoms in total. The van der Waals surface area contributed by atoms with E-state index >= 15 is 0 Å². The van der Waals surface area contributed by atoms with E-state index in [1.54, 1.807) is 29.6 Å². The number of rotatable bonds is 9. The summed E-state index contributed by atoms with van der Waals surface area (Å²) in [5.74, 6) is -0.322. The lowest BCUT2D eigenvalue weighted by Crippen LogP contribution is -2.27. The van der Waals surface area contributed by atoms with Crippen molar-refractivity contribution in [1.29, 1.82) is 0 Å². The van der Waals surface area contributed by atoms with E-state index in [9.17, 15) is 18.4 Å². The lowest BCUT2D eigenvalue weighted by molar-refractivity contribution is -0.120. The Morgan fingerprint density at radius 3 is 2.62 bits per heavy atom. The molecule has 1 aromatic carbocycles. The van der Waals surface area contributed by atoms with E-state index in [4.69, 9.17) is 0 Å². The first kappa shape index (κ1) is 20.9. The lowest BCUT2D eigenvalue weighted by atomic mass is 10.1. The molecule has 0 aliphatic heterocycles. The fourth-order valence-corrected chi connectivity index (χ4v) is 3.75. The van der Waals surface area contributed by atoms with E-state index in [1.165, 1.54) is 34.8 Å². The molecule has 2 N–H and O–H groups in total. The summed E-state index contributed by atoms with van der Waals surface area (Å²) in [6, 6.07) is 9.79. The van der Waals surface area contributed by atoms with Crippen LogP contribution in [0.2, 0.25) is 0 Å². The molecule has 0 bridgehead atoms. The van der Waals surface area contributed by atoms with Gasteiger partial charge in [0.1, 0.15) is 5.75 Å². The summed E-state index contributed by atoms with van der Waals surface area (Å²) >= 11 is 2.60. The Morgan fingerprint density at radius 1 is 1.14 bits per heavy atom. The van der Waals surface area contributed by atoms with Crippen LogP contribution in [0.4, 0.5) is 13.9 Å². The van der Waals surface area contributed by atoms with Gasteiger partial charge in [-0.15, -0.1) is 22.7 Å². The van der Waals surface area contributed by atoms with Gasteiger partial charge in [-0.3, -0.25) is 14.9 Å². The zero-order valence-corrected chi connectivity index (χ0v) is 16.7. The largest absolute Gasteiger partial charge is 0.435 e. The molecule has 0 unspecified atom stereocenters. The standard InChI is InChI=1S/C19H17F2N3O3S2/c20-18(21)27-14-5-3-12(4-6-14)7-8-22-16(25)10-13-11-29-19(23-13)24-17(26)15-2-1-9-28-15/h1-6,9,11,18H,7-8,10H2,(H,22,25)(H,23,24,26). The molecule has 2 amide bonds. The van der Waals surface area contributed by atoms with Gasteiger partial charge < -0.3 is 10.1 Å². The first-order valence-corrected chi connectivity index (χ1v) is 10.4. The molecule has 29 heavy (non-hydrogen) atoms. The van der Waals surface area contributed by atoms with Gasteiger partial charge >= 0.3 is 6.61 Å². The van der Waals surface area contributed by atoms with E-state index in [0.717, 1.165) is 5.56 Å². The molecule has 0 radical (unpaired) electrons. The maximum absolute atomic E-state index is 12.1. The molecule has 0 saturated heterocycles. The Balaban J connectivity index is 1.40. The second kappa shape index (κ2) is 10.1. The predicted molar refractivity (Wildman–Crippen MR) is 108 cm³/mol. The van der Waals surface area contributed by atoms with Gasteiger partial charge in [0.05, 0.1) is 17.0 Å². The second-order valence-corrected chi connectivity index (χ2v) is 7.68. The van der Waals surface area contributed by atoms with Crippen molar-refractivity contribution in [1.82, 2.24) is 10.3 Å². The van der Waals surface area contributed by atoms with Crippen LogP contribution in [0.25, 0.3) is 0 Å². The number of carbonyl (C=O) groups excluding carboxylic acids is 2. The molecule has 0 saturated carbocycles. The van der Waals surface area contributed by atoms with Crippen molar-refractivity contribution < 1.29 is 23.1 Å². The number of hydrogen-bond donors (Lipinski definition) is 2. The summed E-state index contributed by atoms with van der Waals surface area (Å²) in [6.45, 7) is -2.45. The second-order valence-electron chi connectivity index (χ2n) is 5.87. The van der Waals surface area contributed by atoms with Crippen molar-refractivity contribution in [2.24, 2.45) is 0 Å². The van der Waals surface area contributed by atoms with Crippen LogP contribution < -0.4 is 15.4 Å². The number of amides is 2. The normalized spacial score (nSPS) is 10.7. The first-order chi connectivity index (χ1) is 14.0. The summed E-state index contributed by atoms with van der Waals surface area (Å²) in [4.78, 5) is 28.9. The molecule has 3 rings (SSSR count). The fraction of sp³-hybridized carbons (Fsp3) is 0.211. The molecule has 3 aromatic rings. The van der Waals surface area contributed by atoms with Crippen molar-refractivity contribution in [3.05, 3.63) is 63.3 Å². The number of benzene rings is 1. The highest BCUT2D eigenvalue weighted by Gasteiger charge is 2.12. The number of alkyl halides is 2. The van der Waals surface area contributed by atoms with Crippen molar-refractivity contribution in [3.8, 4) is 5.75 Å². The summed E-state index contributed by atoms with van der Waals surface area (Å²) in [7, 11) is 0. The summed E-state index contributed by atoms with van der Waals surface area (Å²) in [5, 5.41) is 9.48. The molecular formula is C19H17F2N3O3S2. The quantitative estimate of drug-likeness (QED) is 0.531. The minimum atomic E-state index is -2.85. The molecule has 10 heteroatoms. The lowest BCUT2D eigenvalue weighted by Gasteiger charge is -2.07. The monoisotopic (exact) mass is 437 g/mol. The van der Waals surface area contributed by atoms with Gasteiger partial charge in [-0.05, 0) is 35.6 Å². The van der Waals surface area contributed by atoms with Crippen molar-refractivity contribution >= 4 is 39.6 Å². The molecule has 0 spiro atoms. The third-order valence-corrected chi connectivity index (χ3v) is 5.42. The number of aromatic nitrogens is 1. The fourth-order valence-electron chi connectivity index (χ4n) is 2.42. The van der Waals surface area contributed by atoms with Crippen LogP contribution in [0.5, 0.6) is 5.75 Å². The summed E-state index contributed by atoms with van der Waals surface area (Å²) in [5.41, 5.74) is 1.46. The van der Waals surface area contributed by atoms with Crippen molar-refractivity contribution in [2.45, 2.75) is 19.5 Å². The van der Waals surface area contributed by atoms with E-state index in [1.807, 2.05) is 5.38 Å². The van der Waals surface area contributed by atoms with Gasteiger partial charge in [-0.25, -0.2) is 4.98 Å². The Labute approximate surface area is 173 Å². The van der Waals surface area contributed by atoms with Gasteiger partial charge in [-0.1, -0.05) is 18.2 Å². The number of halogens is 2. The van der Waals surface area contributed by atoms with Gasteiger partial charge in [0.25, 0.3) is 5.91 Å². The van der Waals surface area contributed by atoms with Crippen LogP contribution in [-0.2, 0) is 17.6 Å². The van der Waals surface area contributed by atoms with Crippen molar-refractivity contribution in [2.75, 3.05) is 11.9 Å². The van der Waals surface area contributed by atoms with E-state index in [0.29, 0.717) is 28.7 Å². The SMILES string of the molecule is O=C(Cc1csc(NC(=O)c2cccs2)n1)NCCc1ccc(OC(F)F)cc1. The first-order valence-electron chi connectivity index (χ1n) is 8.59. The molecule has 0 atom stereocenters. The van der Waals surface area contributed by atoms with Gasteiger partial charge in [0, 0.05) is 11.9 Å². The van der Waals surface area contributed by atoms with Crippen LogP contribution in [-0.4, -0.2) is 30.0 Å². The number of carbonyl (C=O) groups is 2. The molecule has 0 aliphatic rings. The van der Waals surface area contributed by atoms with Crippen LogP contribution in [0.15, 0.2) is 47.2 Å². The number of nitrogens with zero attached hydrogens (tertiary/aromatic N) is 1. The summed E-state index contributed by atoms with van der Waals surface area (Å²) < 4.78 is 28.5. The van der Waals surface area contributed by atoms with Crippen LogP contribution >= 0.6 is 22.7 Å². The number of nitrogens with one attached hydrogen (secondary N) is 2. The van der Waals surface area contributed by atoms with Gasteiger partial charge in [0.2, 0.25) is 5.91 Å². The Kier molecular flexibility index (Phi) is 7.25. The Bertz CT molecular complexity index is 944. The van der Waals surface area contributed by atoms with Crippen LogP contribution in [0.3, 0.4) is 0 Å². The number of anilines is 1. The van der Waals surface area contributed by atoms with Gasteiger partial charge in [0.15, 0.2) is 5.13 Å². The molecule has 0 fully saturated rings. The topological polar surface area (TPSA) is 80.3 Å². The maximum atomic E-state index is 12.1. The third-order valence-electron chi connectivity index (χ3n) is 3.74. The highest BCUT2D eigenvalue weighted by Crippen LogP contribution is 2.18. The highest BCUT2D eigenvalue weighted by molar-refractivity contribution is 7.14. The minimum Gasteiger partial charge on any atom is -0.435 e. The molecule has 2 aromatic heterocycles. The number of ether oxygens (including phenoxy) is 1. The van der Waals surface area contributed by atoms with E-state index < -0.39 is 6.61 Å².